The number of imidazole rings is 1. The molecular formula is C19H23BrN4O2. The first-order valence-corrected chi connectivity index (χ1v) is 9.71. The van der Waals surface area contributed by atoms with Gasteiger partial charge < -0.3 is 14.8 Å². The van der Waals surface area contributed by atoms with Crippen LogP contribution in [0.5, 0.6) is 0 Å². The van der Waals surface area contributed by atoms with Crippen LogP contribution in [0.15, 0.2) is 28.7 Å². The number of hydrogen-bond donors (Lipinski definition) is 1. The molecule has 0 unspecified atom stereocenters. The Morgan fingerprint density at radius 2 is 1.96 bits per heavy atom. The molecule has 2 heterocycles. The maximum absolute atomic E-state index is 12.8. The number of nitrogens with one attached hydrogen (secondary N) is 1. The van der Waals surface area contributed by atoms with Gasteiger partial charge in [0.1, 0.15) is 5.82 Å². The maximum atomic E-state index is 12.8. The summed E-state index contributed by atoms with van der Waals surface area (Å²) in [6.07, 6.45) is 1.20. The summed E-state index contributed by atoms with van der Waals surface area (Å²) in [5, 5.41) is 2.89. The predicted molar refractivity (Wildman–Crippen MR) is 103 cm³/mol. The Labute approximate surface area is 161 Å². The summed E-state index contributed by atoms with van der Waals surface area (Å²) in [6, 6.07) is 7.44. The predicted octanol–water partition coefficient (Wildman–Crippen LogP) is 2.89. The quantitative estimate of drug-likeness (QED) is 0.811. The first kappa shape index (κ1) is 18.6. The van der Waals surface area contributed by atoms with Gasteiger partial charge in [-0.1, -0.05) is 22.9 Å². The van der Waals surface area contributed by atoms with Gasteiger partial charge in [0.05, 0.1) is 24.5 Å². The normalized spacial score (nSPS) is 13.4. The van der Waals surface area contributed by atoms with Crippen LogP contribution in [0.4, 0.5) is 0 Å². The number of rotatable bonds is 5. The van der Waals surface area contributed by atoms with Crippen LogP contribution >= 0.6 is 15.9 Å². The minimum atomic E-state index is 0.0145. The Hall–Kier alpha value is -2.15. The van der Waals surface area contributed by atoms with Gasteiger partial charge in [-0.3, -0.25) is 9.59 Å². The molecule has 6 nitrogen and oxygen atoms in total. The van der Waals surface area contributed by atoms with E-state index in [1.54, 1.807) is 0 Å². The highest BCUT2D eigenvalue weighted by atomic mass is 79.9. The number of fused-ring (bicyclic) bond motifs is 1. The third-order valence-electron chi connectivity index (χ3n) is 4.65. The molecule has 2 amide bonds. The van der Waals surface area contributed by atoms with Crippen molar-refractivity contribution in [2.45, 2.75) is 46.3 Å². The van der Waals surface area contributed by atoms with Crippen LogP contribution in [0.2, 0.25) is 0 Å². The second kappa shape index (κ2) is 8.03. The summed E-state index contributed by atoms with van der Waals surface area (Å²) >= 11 is 3.40. The molecule has 1 aromatic carbocycles. The minimum absolute atomic E-state index is 0.0145. The second-order valence-electron chi connectivity index (χ2n) is 6.28. The zero-order valence-electron chi connectivity index (χ0n) is 15.1. The Morgan fingerprint density at radius 3 is 2.62 bits per heavy atom. The third-order valence-corrected chi connectivity index (χ3v) is 5.18. The molecule has 1 aliphatic heterocycles. The molecule has 26 heavy (non-hydrogen) atoms. The van der Waals surface area contributed by atoms with Crippen LogP contribution in [0.25, 0.3) is 0 Å². The fraction of sp³-hybridized carbons (Fsp3) is 0.421. The summed E-state index contributed by atoms with van der Waals surface area (Å²) in [7, 11) is 0. The fourth-order valence-electron chi connectivity index (χ4n) is 3.23. The molecule has 0 atom stereocenters. The standard InChI is InChI=1S/C19H23BrN4O2/c1-3-18(25)21-11-17-22-15-9-10-23(12-16(15)24(17)4-2)19(26)13-5-7-14(20)8-6-13/h5-8H,3-4,9-12H2,1-2H3,(H,21,25). The van der Waals surface area contributed by atoms with Crippen molar-refractivity contribution in [3.05, 3.63) is 51.5 Å². The molecule has 0 saturated heterocycles. The van der Waals surface area contributed by atoms with Gasteiger partial charge in [-0.15, -0.1) is 0 Å². The lowest BCUT2D eigenvalue weighted by molar-refractivity contribution is -0.120. The average Bonchev–Trinajstić information content (AvgIpc) is 3.02. The van der Waals surface area contributed by atoms with Crippen LogP contribution in [-0.4, -0.2) is 32.8 Å². The topological polar surface area (TPSA) is 67.2 Å². The van der Waals surface area contributed by atoms with Crippen LogP contribution in [-0.2, 0) is 30.8 Å². The first-order valence-electron chi connectivity index (χ1n) is 8.92. The smallest absolute Gasteiger partial charge is 0.254 e. The van der Waals surface area contributed by atoms with Crippen molar-refractivity contribution >= 4 is 27.7 Å². The van der Waals surface area contributed by atoms with Crippen LogP contribution < -0.4 is 5.32 Å². The minimum Gasteiger partial charge on any atom is -0.349 e. The van der Waals surface area contributed by atoms with E-state index in [-0.39, 0.29) is 11.8 Å². The molecule has 0 bridgehead atoms. The lowest BCUT2D eigenvalue weighted by Gasteiger charge is -2.27. The molecule has 138 valence electrons. The Kier molecular flexibility index (Phi) is 5.76. The van der Waals surface area contributed by atoms with Gasteiger partial charge in [-0.05, 0) is 31.2 Å². The van der Waals surface area contributed by atoms with E-state index < -0.39 is 0 Å². The van der Waals surface area contributed by atoms with Gasteiger partial charge in [0.2, 0.25) is 5.91 Å². The van der Waals surface area contributed by atoms with Crippen molar-refractivity contribution in [2.75, 3.05) is 6.54 Å². The molecule has 0 aliphatic carbocycles. The number of nitrogens with zero attached hydrogens (tertiary/aromatic N) is 3. The van der Waals surface area contributed by atoms with Crippen LogP contribution in [0, 0.1) is 0 Å². The molecule has 0 spiro atoms. The molecule has 2 aromatic rings. The largest absolute Gasteiger partial charge is 0.349 e. The van der Waals surface area contributed by atoms with Gasteiger partial charge in [0.15, 0.2) is 0 Å². The summed E-state index contributed by atoms with van der Waals surface area (Å²) in [5.41, 5.74) is 2.80. The van der Waals surface area contributed by atoms with E-state index in [1.807, 2.05) is 36.1 Å². The van der Waals surface area contributed by atoms with Gasteiger partial charge in [-0.2, -0.15) is 0 Å². The van der Waals surface area contributed by atoms with Crippen molar-refractivity contribution in [3.8, 4) is 0 Å². The number of hydrogen-bond acceptors (Lipinski definition) is 3. The van der Waals surface area contributed by atoms with E-state index >= 15 is 0 Å². The molecule has 1 aromatic heterocycles. The molecule has 0 fully saturated rings. The molecule has 3 rings (SSSR count). The van der Waals surface area contributed by atoms with E-state index in [0.29, 0.717) is 31.6 Å². The van der Waals surface area contributed by atoms with E-state index in [9.17, 15) is 9.59 Å². The molecular weight excluding hydrogens is 396 g/mol. The fourth-order valence-corrected chi connectivity index (χ4v) is 3.49. The number of amides is 2. The van der Waals surface area contributed by atoms with Crippen LogP contribution in [0.3, 0.4) is 0 Å². The third kappa shape index (κ3) is 3.82. The van der Waals surface area contributed by atoms with E-state index in [4.69, 9.17) is 4.98 Å². The van der Waals surface area contributed by atoms with Gasteiger partial charge in [0, 0.05) is 36.0 Å². The van der Waals surface area contributed by atoms with Crippen LogP contribution in [0.1, 0.15) is 47.8 Å². The monoisotopic (exact) mass is 418 g/mol. The van der Waals surface area contributed by atoms with E-state index in [1.165, 1.54) is 0 Å². The Bertz CT molecular complexity index is 814. The van der Waals surface area contributed by atoms with Gasteiger partial charge in [0.25, 0.3) is 5.91 Å². The first-order chi connectivity index (χ1) is 12.5. The number of benzene rings is 1. The highest BCUT2D eigenvalue weighted by Crippen LogP contribution is 2.22. The summed E-state index contributed by atoms with van der Waals surface area (Å²) < 4.78 is 3.07. The number of carbonyl (C=O) groups is 2. The van der Waals surface area contributed by atoms with E-state index in [2.05, 4.69) is 32.7 Å². The Morgan fingerprint density at radius 1 is 1.23 bits per heavy atom. The van der Waals surface area contributed by atoms with E-state index in [0.717, 1.165) is 34.7 Å². The summed E-state index contributed by atoms with van der Waals surface area (Å²) in [5.74, 6) is 0.908. The average molecular weight is 419 g/mol. The highest BCUT2D eigenvalue weighted by molar-refractivity contribution is 9.10. The molecule has 7 heteroatoms. The lowest BCUT2D eigenvalue weighted by Crippen LogP contribution is -2.36. The number of aromatic nitrogens is 2. The van der Waals surface area contributed by atoms with Crippen molar-refractivity contribution in [1.29, 1.82) is 0 Å². The summed E-state index contributed by atoms with van der Waals surface area (Å²) in [4.78, 5) is 30.9. The zero-order chi connectivity index (χ0) is 18.7. The summed E-state index contributed by atoms with van der Waals surface area (Å²) in [6.45, 7) is 6.28. The Balaban J connectivity index is 1.78. The van der Waals surface area contributed by atoms with Crippen molar-refractivity contribution in [2.24, 2.45) is 0 Å². The lowest BCUT2D eigenvalue weighted by atomic mass is 10.1. The van der Waals surface area contributed by atoms with Gasteiger partial charge in [-0.25, -0.2) is 4.98 Å². The molecule has 1 N–H and O–H groups in total. The SMILES string of the molecule is CCC(=O)NCc1nc2c(n1CC)CN(C(=O)c1ccc(Br)cc1)CC2. The van der Waals surface area contributed by atoms with Crippen molar-refractivity contribution in [3.63, 3.8) is 0 Å². The number of carbonyl (C=O) groups excluding carboxylic acids is 2. The molecule has 0 saturated carbocycles. The van der Waals surface area contributed by atoms with Crippen molar-refractivity contribution in [1.82, 2.24) is 19.8 Å². The molecule has 1 aliphatic rings. The number of halogens is 1. The second-order valence-corrected chi connectivity index (χ2v) is 7.20. The molecule has 0 radical (unpaired) electrons. The highest BCUT2D eigenvalue weighted by Gasteiger charge is 2.27. The van der Waals surface area contributed by atoms with Crippen molar-refractivity contribution < 1.29 is 9.59 Å². The maximum Gasteiger partial charge on any atom is 0.254 e. The van der Waals surface area contributed by atoms with Gasteiger partial charge >= 0.3 is 0 Å². The zero-order valence-corrected chi connectivity index (χ0v) is 16.7.